The van der Waals surface area contributed by atoms with Crippen LogP contribution in [0, 0.1) is 0 Å². The molecule has 4 heteroatoms. The number of methoxy groups -OCH3 is 1. The van der Waals surface area contributed by atoms with Gasteiger partial charge in [0.25, 0.3) is 0 Å². The zero-order valence-electron chi connectivity index (χ0n) is 12.8. The lowest BCUT2D eigenvalue weighted by molar-refractivity contribution is 0.338. The average molecular weight is 324 g/mol. The standard InChI is InChI=1S/C19H17O3P/c1-3-15(9-8-14-21-2)23(20)19-13-7-5-11-17(19)16-10-4-6-12-18(16)22-23/h3-14H,1H2,2H3/b14-8-,15-9+. The maximum atomic E-state index is 13.7. The second kappa shape index (κ2) is 6.31. The predicted octanol–water partition coefficient (Wildman–Crippen LogP) is 4.88. The molecule has 0 saturated heterocycles. The summed E-state index contributed by atoms with van der Waals surface area (Å²) in [4.78, 5) is 0. The summed E-state index contributed by atoms with van der Waals surface area (Å²) < 4.78 is 24.6. The van der Waals surface area contributed by atoms with Gasteiger partial charge in [0, 0.05) is 5.56 Å². The molecule has 3 rings (SSSR count). The number of allylic oxidation sites excluding steroid dienone is 4. The van der Waals surface area contributed by atoms with Crippen molar-refractivity contribution in [2.45, 2.75) is 0 Å². The van der Waals surface area contributed by atoms with Crippen LogP contribution in [0.25, 0.3) is 11.1 Å². The number of fused-ring (bicyclic) bond motifs is 3. The van der Waals surface area contributed by atoms with E-state index in [-0.39, 0.29) is 0 Å². The zero-order chi connectivity index (χ0) is 16.3. The van der Waals surface area contributed by atoms with Gasteiger partial charge in [-0.15, -0.1) is 0 Å². The van der Waals surface area contributed by atoms with Gasteiger partial charge in [-0.1, -0.05) is 49.1 Å². The third kappa shape index (κ3) is 2.64. The van der Waals surface area contributed by atoms with Crippen molar-refractivity contribution in [3.05, 3.63) is 84.9 Å². The molecule has 0 N–H and O–H groups in total. The third-order valence-electron chi connectivity index (χ3n) is 3.66. The Kier molecular flexibility index (Phi) is 4.22. The summed E-state index contributed by atoms with van der Waals surface area (Å²) in [6.45, 7) is 3.79. The molecule has 2 aromatic rings. The van der Waals surface area contributed by atoms with Crippen molar-refractivity contribution in [2.24, 2.45) is 0 Å². The van der Waals surface area contributed by atoms with Gasteiger partial charge in [0.15, 0.2) is 0 Å². The van der Waals surface area contributed by atoms with Gasteiger partial charge < -0.3 is 9.26 Å². The number of benzene rings is 2. The van der Waals surface area contributed by atoms with E-state index in [4.69, 9.17) is 9.26 Å². The number of hydrogen-bond acceptors (Lipinski definition) is 3. The minimum Gasteiger partial charge on any atom is -0.504 e. The van der Waals surface area contributed by atoms with Crippen LogP contribution in [0.15, 0.2) is 84.9 Å². The Bertz CT molecular complexity index is 849. The van der Waals surface area contributed by atoms with Gasteiger partial charge in [-0.25, -0.2) is 0 Å². The summed E-state index contributed by atoms with van der Waals surface area (Å²) in [6, 6.07) is 15.3. The van der Waals surface area contributed by atoms with E-state index in [2.05, 4.69) is 6.58 Å². The van der Waals surface area contributed by atoms with Crippen LogP contribution < -0.4 is 9.83 Å². The molecule has 2 aromatic carbocycles. The summed E-state index contributed by atoms with van der Waals surface area (Å²) in [5, 5.41) is 1.23. The van der Waals surface area contributed by atoms with Crippen molar-refractivity contribution < 1.29 is 13.8 Å². The van der Waals surface area contributed by atoms with Gasteiger partial charge >= 0.3 is 7.37 Å². The van der Waals surface area contributed by atoms with Gasteiger partial charge in [0.2, 0.25) is 0 Å². The largest absolute Gasteiger partial charge is 0.504 e. The van der Waals surface area contributed by atoms with Crippen LogP contribution in [-0.4, -0.2) is 7.11 Å². The lowest BCUT2D eigenvalue weighted by atomic mass is 10.0. The Hall–Kier alpha value is -2.51. The number of para-hydroxylation sites is 1. The molecular formula is C19H17O3P. The Labute approximate surface area is 136 Å². The lowest BCUT2D eigenvalue weighted by Gasteiger charge is -2.29. The highest BCUT2D eigenvalue weighted by molar-refractivity contribution is 7.72. The van der Waals surface area contributed by atoms with Crippen LogP contribution in [-0.2, 0) is 9.30 Å². The van der Waals surface area contributed by atoms with E-state index in [0.29, 0.717) is 16.4 Å². The molecule has 23 heavy (non-hydrogen) atoms. The number of ether oxygens (including phenoxy) is 1. The summed E-state index contributed by atoms with van der Waals surface area (Å²) >= 11 is 0. The Morgan fingerprint density at radius 1 is 1.13 bits per heavy atom. The highest BCUT2D eigenvalue weighted by Crippen LogP contribution is 2.60. The smallest absolute Gasteiger partial charge is 0.307 e. The third-order valence-corrected chi connectivity index (χ3v) is 6.15. The fraction of sp³-hybridized carbons (Fsp3) is 0.0526. The first-order valence-corrected chi connectivity index (χ1v) is 8.84. The zero-order valence-corrected chi connectivity index (χ0v) is 13.7. The molecule has 1 unspecified atom stereocenters. The van der Waals surface area contributed by atoms with Gasteiger partial charge in [-0.05, 0) is 29.8 Å². The SMILES string of the molecule is C=C/C(=C\C=C/OC)P1(=O)Oc2ccccc2-c2ccccc21. The lowest BCUT2D eigenvalue weighted by Crippen LogP contribution is -2.18. The molecule has 0 radical (unpaired) electrons. The van der Waals surface area contributed by atoms with E-state index < -0.39 is 7.37 Å². The van der Waals surface area contributed by atoms with Crippen LogP contribution >= 0.6 is 7.37 Å². The van der Waals surface area contributed by atoms with Crippen LogP contribution in [0.4, 0.5) is 0 Å². The average Bonchev–Trinajstić information content (AvgIpc) is 2.59. The first-order valence-electron chi connectivity index (χ1n) is 7.22. The van der Waals surface area contributed by atoms with Gasteiger partial charge in [-0.3, -0.25) is 4.57 Å². The quantitative estimate of drug-likeness (QED) is 0.457. The molecule has 0 spiro atoms. The van der Waals surface area contributed by atoms with Gasteiger partial charge in [0.05, 0.1) is 24.0 Å². The molecule has 0 fully saturated rings. The van der Waals surface area contributed by atoms with Crippen molar-refractivity contribution in [3.8, 4) is 16.9 Å². The van der Waals surface area contributed by atoms with Gasteiger partial charge in [0.1, 0.15) is 5.75 Å². The molecule has 0 saturated carbocycles. The number of hydrogen-bond donors (Lipinski definition) is 0. The second-order valence-electron chi connectivity index (χ2n) is 5.02. The summed E-state index contributed by atoms with van der Waals surface area (Å²) in [6.07, 6.45) is 6.48. The van der Waals surface area contributed by atoms with E-state index in [1.54, 1.807) is 25.3 Å². The minimum absolute atomic E-state index is 0.535. The molecule has 1 aliphatic heterocycles. The highest BCUT2D eigenvalue weighted by atomic mass is 31.2. The van der Waals surface area contributed by atoms with Crippen molar-refractivity contribution in [1.29, 1.82) is 0 Å². The highest BCUT2D eigenvalue weighted by Gasteiger charge is 2.37. The maximum Gasteiger partial charge on any atom is 0.307 e. The minimum atomic E-state index is -3.25. The van der Waals surface area contributed by atoms with Crippen LogP contribution in [0.1, 0.15) is 0 Å². The normalized spacial score (nSPS) is 19.6. The molecule has 0 bridgehead atoms. The molecule has 116 valence electrons. The molecule has 0 amide bonds. The fourth-order valence-electron chi connectivity index (χ4n) is 2.61. The Morgan fingerprint density at radius 2 is 1.83 bits per heavy atom. The topological polar surface area (TPSA) is 35.5 Å². The van der Waals surface area contributed by atoms with E-state index in [1.165, 1.54) is 6.26 Å². The first-order chi connectivity index (χ1) is 11.2. The molecule has 1 heterocycles. The Morgan fingerprint density at radius 3 is 2.57 bits per heavy atom. The second-order valence-corrected chi connectivity index (χ2v) is 7.30. The molecule has 0 aliphatic carbocycles. The van der Waals surface area contributed by atoms with Crippen LogP contribution in [0.3, 0.4) is 0 Å². The predicted molar refractivity (Wildman–Crippen MR) is 94.2 cm³/mol. The van der Waals surface area contributed by atoms with E-state index in [1.807, 2.05) is 48.5 Å². The molecule has 0 aromatic heterocycles. The summed E-state index contributed by atoms with van der Waals surface area (Å²) in [7, 11) is -1.69. The molecule has 1 aliphatic rings. The first kappa shape index (κ1) is 15.4. The van der Waals surface area contributed by atoms with Crippen LogP contribution in [0.2, 0.25) is 0 Å². The molecule has 3 nitrogen and oxygen atoms in total. The van der Waals surface area contributed by atoms with Crippen LogP contribution in [0.5, 0.6) is 5.75 Å². The van der Waals surface area contributed by atoms with Gasteiger partial charge in [-0.2, -0.15) is 0 Å². The monoisotopic (exact) mass is 324 g/mol. The van der Waals surface area contributed by atoms with Crippen molar-refractivity contribution in [2.75, 3.05) is 7.11 Å². The summed E-state index contributed by atoms with van der Waals surface area (Å²) in [5.74, 6) is 0.623. The molecular weight excluding hydrogens is 307 g/mol. The number of rotatable bonds is 4. The van der Waals surface area contributed by atoms with Crippen molar-refractivity contribution in [1.82, 2.24) is 0 Å². The van der Waals surface area contributed by atoms with E-state index in [9.17, 15) is 4.57 Å². The Balaban J connectivity index is 2.22. The summed E-state index contributed by atoms with van der Waals surface area (Å²) in [5.41, 5.74) is 1.88. The van der Waals surface area contributed by atoms with Crippen molar-refractivity contribution >= 4 is 12.7 Å². The van der Waals surface area contributed by atoms with E-state index >= 15 is 0 Å². The van der Waals surface area contributed by atoms with E-state index in [0.717, 1.165) is 11.1 Å². The maximum absolute atomic E-state index is 13.7. The fourth-order valence-corrected chi connectivity index (χ4v) is 4.84. The van der Waals surface area contributed by atoms with Crippen molar-refractivity contribution in [3.63, 3.8) is 0 Å². The molecule has 1 atom stereocenters.